The second-order valence-electron chi connectivity index (χ2n) is 5.56. The van der Waals surface area contributed by atoms with Crippen molar-refractivity contribution >= 4 is 5.78 Å². The van der Waals surface area contributed by atoms with Gasteiger partial charge in [-0.2, -0.15) is 0 Å². The van der Waals surface area contributed by atoms with Crippen LogP contribution in [0.4, 0.5) is 0 Å². The van der Waals surface area contributed by atoms with Crippen molar-refractivity contribution in [1.82, 2.24) is 4.90 Å². The SMILES string of the molecule is CCN(CC)[C@H](CC(C)N)C(=O)C(C)(C)C. The monoisotopic (exact) mass is 228 g/mol. The lowest BCUT2D eigenvalue weighted by atomic mass is 9.83. The molecule has 0 saturated carbocycles. The minimum absolute atomic E-state index is 0.0324. The molecule has 0 heterocycles. The van der Waals surface area contributed by atoms with Crippen LogP contribution >= 0.6 is 0 Å². The van der Waals surface area contributed by atoms with Gasteiger partial charge >= 0.3 is 0 Å². The number of carbonyl (C=O) groups excluding carboxylic acids is 1. The van der Waals surface area contributed by atoms with Gasteiger partial charge in [-0.25, -0.2) is 0 Å². The second kappa shape index (κ2) is 6.36. The van der Waals surface area contributed by atoms with Gasteiger partial charge in [0, 0.05) is 11.5 Å². The number of hydrogen-bond donors (Lipinski definition) is 1. The predicted octanol–water partition coefficient (Wildman–Crippen LogP) is 2.05. The molecule has 96 valence electrons. The topological polar surface area (TPSA) is 46.3 Å². The molecule has 0 aliphatic rings. The summed E-state index contributed by atoms with van der Waals surface area (Å²) in [5.41, 5.74) is 5.55. The van der Waals surface area contributed by atoms with Crippen LogP contribution in [0, 0.1) is 5.41 Å². The predicted molar refractivity (Wildman–Crippen MR) is 69.4 cm³/mol. The highest BCUT2D eigenvalue weighted by Gasteiger charge is 2.32. The first-order chi connectivity index (χ1) is 7.23. The van der Waals surface area contributed by atoms with Crippen LogP contribution in [0.5, 0.6) is 0 Å². The molecular formula is C13H28N2O. The Bertz CT molecular complexity index is 214. The summed E-state index contributed by atoms with van der Waals surface area (Å²) < 4.78 is 0. The maximum atomic E-state index is 12.4. The minimum Gasteiger partial charge on any atom is -0.328 e. The summed E-state index contributed by atoms with van der Waals surface area (Å²) in [4.78, 5) is 14.6. The molecule has 0 radical (unpaired) electrons. The van der Waals surface area contributed by atoms with E-state index in [4.69, 9.17) is 5.73 Å². The molecule has 0 rings (SSSR count). The molecule has 0 amide bonds. The van der Waals surface area contributed by atoms with E-state index >= 15 is 0 Å². The zero-order chi connectivity index (χ0) is 12.9. The number of nitrogens with zero attached hydrogens (tertiary/aromatic N) is 1. The van der Waals surface area contributed by atoms with Crippen molar-refractivity contribution in [2.45, 2.75) is 60.0 Å². The summed E-state index contributed by atoms with van der Waals surface area (Å²) in [6, 6.07) is 0.0342. The third kappa shape index (κ3) is 4.62. The maximum Gasteiger partial charge on any atom is 0.155 e. The Morgan fingerprint density at radius 1 is 1.25 bits per heavy atom. The quantitative estimate of drug-likeness (QED) is 0.757. The summed E-state index contributed by atoms with van der Waals surface area (Å²) in [6.45, 7) is 13.9. The molecule has 0 saturated heterocycles. The smallest absolute Gasteiger partial charge is 0.155 e. The van der Waals surface area contributed by atoms with E-state index < -0.39 is 0 Å². The Morgan fingerprint density at radius 2 is 1.69 bits per heavy atom. The van der Waals surface area contributed by atoms with Gasteiger partial charge in [0.15, 0.2) is 5.78 Å². The van der Waals surface area contributed by atoms with Crippen LogP contribution in [0.2, 0.25) is 0 Å². The summed E-state index contributed by atoms with van der Waals surface area (Å²) in [6.07, 6.45) is 0.748. The van der Waals surface area contributed by atoms with Gasteiger partial charge < -0.3 is 5.73 Å². The van der Waals surface area contributed by atoms with Crippen LogP contribution in [-0.2, 0) is 4.79 Å². The van der Waals surface area contributed by atoms with E-state index in [9.17, 15) is 4.79 Å². The molecule has 0 aliphatic carbocycles. The Balaban J connectivity index is 4.86. The van der Waals surface area contributed by atoms with Crippen LogP contribution < -0.4 is 5.73 Å². The van der Waals surface area contributed by atoms with Gasteiger partial charge in [-0.05, 0) is 26.4 Å². The number of Topliss-reactive ketones (excluding diaryl/α,β-unsaturated/α-hetero) is 1. The number of nitrogens with two attached hydrogens (primary N) is 1. The fraction of sp³-hybridized carbons (Fsp3) is 0.923. The normalized spacial score (nSPS) is 16.2. The molecule has 0 fully saturated rings. The van der Waals surface area contributed by atoms with Crippen LogP contribution in [0.15, 0.2) is 0 Å². The molecule has 0 aromatic heterocycles. The van der Waals surface area contributed by atoms with Crippen LogP contribution in [0.1, 0.15) is 48.0 Å². The van der Waals surface area contributed by atoms with Crippen molar-refractivity contribution in [1.29, 1.82) is 0 Å². The van der Waals surface area contributed by atoms with Crippen LogP contribution in [0.3, 0.4) is 0 Å². The van der Waals surface area contributed by atoms with E-state index in [-0.39, 0.29) is 17.5 Å². The molecule has 0 aliphatic heterocycles. The van der Waals surface area contributed by atoms with Crippen LogP contribution in [-0.4, -0.2) is 35.9 Å². The highest BCUT2D eigenvalue weighted by molar-refractivity contribution is 5.88. The Hall–Kier alpha value is -0.410. The van der Waals surface area contributed by atoms with Gasteiger partial charge in [-0.1, -0.05) is 34.6 Å². The minimum atomic E-state index is -0.290. The Kier molecular flexibility index (Phi) is 6.19. The molecule has 0 aromatic carbocycles. The lowest BCUT2D eigenvalue weighted by molar-refractivity contribution is -0.132. The first-order valence-electron chi connectivity index (χ1n) is 6.27. The largest absolute Gasteiger partial charge is 0.328 e. The maximum absolute atomic E-state index is 12.4. The first kappa shape index (κ1) is 15.6. The average Bonchev–Trinajstić information content (AvgIpc) is 2.15. The first-order valence-corrected chi connectivity index (χ1v) is 6.27. The van der Waals surface area contributed by atoms with Gasteiger partial charge in [0.05, 0.1) is 6.04 Å². The summed E-state index contributed by atoms with van der Waals surface area (Å²) in [7, 11) is 0. The average molecular weight is 228 g/mol. The highest BCUT2D eigenvalue weighted by Crippen LogP contribution is 2.22. The van der Waals surface area contributed by atoms with E-state index in [1.165, 1.54) is 0 Å². The van der Waals surface area contributed by atoms with Crippen molar-refractivity contribution < 1.29 is 4.79 Å². The number of hydrogen-bond acceptors (Lipinski definition) is 3. The number of ketones is 1. The van der Waals surface area contributed by atoms with Crippen molar-refractivity contribution in [2.24, 2.45) is 11.1 Å². The van der Waals surface area contributed by atoms with E-state index in [0.29, 0.717) is 5.78 Å². The molecule has 3 nitrogen and oxygen atoms in total. The summed E-state index contributed by atoms with van der Waals surface area (Å²) in [5.74, 6) is 0.300. The molecule has 16 heavy (non-hydrogen) atoms. The number of rotatable bonds is 6. The molecule has 0 bridgehead atoms. The van der Waals surface area contributed by atoms with E-state index in [1.54, 1.807) is 0 Å². The van der Waals surface area contributed by atoms with Gasteiger partial charge in [0.2, 0.25) is 0 Å². The molecule has 1 unspecified atom stereocenters. The number of carbonyl (C=O) groups is 1. The fourth-order valence-electron chi connectivity index (χ4n) is 1.94. The third-order valence-electron chi connectivity index (χ3n) is 2.89. The standard InChI is InChI=1S/C13H28N2O/c1-7-15(8-2)11(9-10(3)14)12(16)13(4,5)6/h10-11H,7-9,14H2,1-6H3/t10?,11-/m1/s1. The van der Waals surface area contributed by atoms with Gasteiger partial charge in [0.1, 0.15) is 0 Å². The molecule has 2 atom stereocenters. The second-order valence-corrected chi connectivity index (χ2v) is 5.56. The fourth-order valence-corrected chi connectivity index (χ4v) is 1.94. The lowest BCUT2D eigenvalue weighted by Crippen LogP contribution is -2.48. The van der Waals surface area contributed by atoms with E-state index in [2.05, 4.69) is 18.7 Å². The molecule has 3 heteroatoms. The van der Waals surface area contributed by atoms with Crippen molar-refractivity contribution in [3.63, 3.8) is 0 Å². The third-order valence-corrected chi connectivity index (χ3v) is 2.89. The lowest BCUT2D eigenvalue weighted by Gasteiger charge is -2.34. The molecule has 2 N–H and O–H groups in total. The Labute approximate surface area is 100 Å². The highest BCUT2D eigenvalue weighted by atomic mass is 16.1. The number of likely N-dealkylation sites (N-methyl/N-ethyl adjacent to an activating group) is 1. The van der Waals surface area contributed by atoms with Crippen molar-refractivity contribution in [3.05, 3.63) is 0 Å². The zero-order valence-corrected chi connectivity index (χ0v) is 11.7. The van der Waals surface area contributed by atoms with E-state index in [1.807, 2.05) is 27.7 Å². The van der Waals surface area contributed by atoms with Gasteiger partial charge in [-0.3, -0.25) is 9.69 Å². The molecule has 0 aromatic rings. The molecular weight excluding hydrogens is 200 g/mol. The summed E-state index contributed by atoms with van der Waals surface area (Å²) in [5, 5.41) is 0. The van der Waals surface area contributed by atoms with Gasteiger partial charge in [0.25, 0.3) is 0 Å². The zero-order valence-electron chi connectivity index (χ0n) is 11.7. The Morgan fingerprint density at radius 3 is 1.94 bits per heavy atom. The summed E-state index contributed by atoms with van der Waals surface area (Å²) >= 11 is 0. The van der Waals surface area contributed by atoms with E-state index in [0.717, 1.165) is 19.5 Å². The van der Waals surface area contributed by atoms with Crippen molar-refractivity contribution in [3.8, 4) is 0 Å². The molecule has 0 spiro atoms. The van der Waals surface area contributed by atoms with Crippen LogP contribution in [0.25, 0.3) is 0 Å². The van der Waals surface area contributed by atoms with Gasteiger partial charge in [-0.15, -0.1) is 0 Å². The van der Waals surface area contributed by atoms with Crippen molar-refractivity contribution in [2.75, 3.05) is 13.1 Å².